The van der Waals surface area contributed by atoms with E-state index in [0.29, 0.717) is 32.3 Å². The Morgan fingerprint density at radius 1 is 0.964 bits per heavy atom. The van der Waals surface area contributed by atoms with E-state index in [1.54, 1.807) is 31.2 Å². The molecule has 0 bridgehead atoms. The molecule has 0 aliphatic carbocycles. The average Bonchev–Trinajstić information content (AvgIpc) is 3.15. The molecule has 4 rings (SSSR count). The van der Waals surface area contributed by atoms with Gasteiger partial charge in [-0.05, 0) is 31.2 Å². The van der Waals surface area contributed by atoms with Gasteiger partial charge in [-0.25, -0.2) is 4.98 Å². The lowest BCUT2D eigenvalue weighted by atomic mass is 10.1. The monoisotopic (exact) mass is 402 g/mol. The van der Waals surface area contributed by atoms with Gasteiger partial charge in [0.1, 0.15) is 5.01 Å². The van der Waals surface area contributed by atoms with Gasteiger partial charge in [-0.3, -0.25) is 14.5 Å². The molecule has 0 radical (unpaired) electrons. The van der Waals surface area contributed by atoms with Crippen LogP contribution in [0.15, 0.2) is 48.5 Å². The summed E-state index contributed by atoms with van der Waals surface area (Å²) >= 11 is 1.26. The number of hydrogen-bond acceptors (Lipinski definition) is 4. The van der Waals surface area contributed by atoms with E-state index in [0.717, 1.165) is 12.1 Å². The van der Waals surface area contributed by atoms with Gasteiger partial charge in [-0.2, -0.15) is 13.2 Å². The molecule has 0 saturated carbocycles. The number of carbonyl (C=O) groups excluding carboxylic acids is 2. The highest BCUT2D eigenvalue weighted by molar-refractivity contribution is 7.15. The third kappa shape index (κ3) is 3.09. The zero-order valence-electron chi connectivity index (χ0n) is 14.6. The Hall–Kier alpha value is -3.00. The topological polar surface area (TPSA) is 50.3 Å². The fourth-order valence-electron chi connectivity index (χ4n) is 3.03. The van der Waals surface area contributed by atoms with Crippen LogP contribution in [-0.2, 0) is 12.7 Å². The number of hydrogen-bond donors (Lipinski definition) is 0. The fourth-order valence-corrected chi connectivity index (χ4v) is 4.08. The number of thiazole rings is 1. The maximum absolute atomic E-state index is 12.7. The molecule has 0 unspecified atom stereocenters. The number of fused-ring (bicyclic) bond motifs is 1. The summed E-state index contributed by atoms with van der Waals surface area (Å²) < 4.78 is 38.2. The molecular formula is C20H13F3N2O2S. The molecule has 0 N–H and O–H groups in total. The first-order valence-electron chi connectivity index (χ1n) is 8.35. The molecule has 1 aromatic heterocycles. The molecule has 4 nitrogen and oxygen atoms in total. The lowest BCUT2D eigenvalue weighted by Crippen LogP contribution is -2.28. The van der Waals surface area contributed by atoms with Gasteiger partial charge in [-0.1, -0.05) is 24.3 Å². The zero-order valence-corrected chi connectivity index (χ0v) is 15.4. The van der Waals surface area contributed by atoms with E-state index in [9.17, 15) is 22.8 Å². The summed E-state index contributed by atoms with van der Waals surface area (Å²) in [4.78, 5) is 31.3. The smallest absolute Gasteiger partial charge is 0.269 e. The molecule has 28 heavy (non-hydrogen) atoms. The van der Waals surface area contributed by atoms with Crippen LogP contribution in [0, 0.1) is 6.92 Å². The van der Waals surface area contributed by atoms with Crippen molar-refractivity contribution in [2.45, 2.75) is 19.6 Å². The Morgan fingerprint density at radius 3 is 2.07 bits per heavy atom. The van der Waals surface area contributed by atoms with Crippen molar-refractivity contribution in [1.29, 1.82) is 0 Å². The molecule has 0 saturated heterocycles. The minimum atomic E-state index is -4.39. The van der Waals surface area contributed by atoms with Crippen molar-refractivity contribution in [1.82, 2.24) is 9.88 Å². The predicted molar refractivity (Wildman–Crippen MR) is 97.9 cm³/mol. The van der Waals surface area contributed by atoms with Gasteiger partial charge in [0, 0.05) is 10.4 Å². The minimum Gasteiger partial charge on any atom is -0.269 e. The Kier molecular flexibility index (Phi) is 4.30. The van der Waals surface area contributed by atoms with Crippen molar-refractivity contribution < 1.29 is 22.8 Å². The molecule has 2 amide bonds. The van der Waals surface area contributed by atoms with Crippen molar-refractivity contribution in [3.8, 4) is 10.6 Å². The van der Waals surface area contributed by atoms with Crippen LogP contribution in [0.4, 0.5) is 13.2 Å². The molecule has 2 aromatic carbocycles. The highest BCUT2D eigenvalue weighted by Gasteiger charge is 2.35. The van der Waals surface area contributed by atoms with Crippen LogP contribution in [0.25, 0.3) is 10.6 Å². The Morgan fingerprint density at radius 2 is 1.54 bits per heavy atom. The standard InChI is InChI=1S/C20H13F3N2O2S/c1-11-16(10-25-18(26)14-4-2-3-5-15(14)19(25)27)28-17(24-11)12-6-8-13(9-7-12)20(21,22)23/h2-9H,10H2,1H3. The van der Waals surface area contributed by atoms with E-state index in [1.807, 2.05) is 0 Å². The second-order valence-electron chi connectivity index (χ2n) is 6.34. The number of aryl methyl sites for hydroxylation is 1. The predicted octanol–water partition coefficient (Wildman–Crippen LogP) is 4.93. The SMILES string of the molecule is Cc1nc(-c2ccc(C(F)(F)F)cc2)sc1CN1C(=O)c2ccccc2C1=O. The van der Waals surface area contributed by atoms with E-state index in [-0.39, 0.29) is 18.4 Å². The van der Waals surface area contributed by atoms with Gasteiger partial charge in [0.15, 0.2) is 0 Å². The number of imide groups is 1. The van der Waals surface area contributed by atoms with Gasteiger partial charge in [0.05, 0.1) is 28.9 Å². The number of alkyl halides is 3. The van der Waals surface area contributed by atoms with E-state index < -0.39 is 11.7 Å². The normalized spacial score (nSPS) is 13.9. The van der Waals surface area contributed by atoms with E-state index in [2.05, 4.69) is 4.98 Å². The zero-order chi connectivity index (χ0) is 20.1. The first kappa shape index (κ1) is 18.4. The first-order valence-corrected chi connectivity index (χ1v) is 9.16. The summed E-state index contributed by atoms with van der Waals surface area (Å²) in [5.41, 5.74) is 1.21. The molecule has 0 atom stereocenters. The number of amides is 2. The number of nitrogens with zero attached hydrogens (tertiary/aromatic N) is 2. The van der Waals surface area contributed by atoms with Crippen LogP contribution < -0.4 is 0 Å². The summed E-state index contributed by atoms with van der Waals surface area (Å²) in [5.74, 6) is -0.714. The van der Waals surface area contributed by atoms with Gasteiger partial charge in [0.2, 0.25) is 0 Å². The van der Waals surface area contributed by atoms with Crippen molar-refractivity contribution >= 4 is 23.2 Å². The molecule has 1 aliphatic heterocycles. The third-order valence-corrected chi connectivity index (χ3v) is 5.72. The first-order chi connectivity index (χ1) is 13.3. The quantitative estimate of drug-likeness (QED) is 0.584. The number of aromatic nitrogens is 1. The van der Waals surface area contributed by atoms with Gasteiger partial charge < -0.3 is 0 Å². The Balaban J connectivity index is 1.59. The van der Waals surface area contributed by atoms with Crippen molar-refractivity contribution in [3.63, 3.8) is 0 Å². The van der Waals surface area contributed by atoms with Crippen LogP contribution >= 0.6 is 11.3 Å². The highest BCUT2D eigenvalue weighted by atomic mass is 32.1. The van der Waals surface area contributed by atoms with E-state index in [4.69, 9.17) is 0 Å². The second kappa shape index (κ2) is 6.56. The lowest BCUT2D eigenvalue weighted by molar-refractivity contribution is -0.137. The minimum absolute atomic E-state index is 0.0798. The second-order valence-corrected chi connectivity index (χ2v) is 7.43. The largest absolute Gasteiger partial charge is 0.416 e. The molecular weight excluding hydrogens is 389 g/mol. The van der Waals surface area contributed by atoms with E-state index >= 15 is 0 Å². The van der Waals surface area contributed by atoms with Crippen LogP contribution in [0.5, 0.6) is 0 Å². The third-order valence-electron chi connectivity index (χ3n) is 4.53. The summed E-state index contributed by atoms with van der Waals surface area (Å²) in [5, 5.41) is 0.540. The highest BCUT2D eigenvalue weighted by Crippen LogP contribution is 2.34. The number of benzene rings is 2. The van der Waals surface area contributed by atoms with Crippen molar-refractivity contribution in [3.05, 3.63) is 75.8 Å². The number of rotatable bonds is 3. The van der Waals surface area contributed by atoms with Crippen LogP contribution in [0.1, 0.15) is 36.9 Å². The van der Waals surface area contributed by atoms with Gasteiger partial charge >= 0.3 is 6.18 Å². The van der Waals surface area contributed by atoms with Crippen LogP contribution in [0.2, 0.25) is 0 Å². The number of halogens is 3. The molecule has 0 fully saturated rings. The molecule has 142 valence electrons. The molecule has 3 aromatic rings. The molecule has 1 aliphatic rings. The Labute approximate surface area is 162 Å². The summed E-state index contributed by atoms with van der Waals surface area (Å²) in [6.45, 7) is 1.83. The van der Waals surface area contributed by atoms with E-state index in [1.165, 1.54) is 28.4 Å². The van der Waals surface area contributed by atoms with Gasteiger partial charge in [0.25, 0.3) is 11.8 Å². The molecule has 8 heteroatoms. The van der Waals surface area contributed by atoms with Crippen molar-refractivity contribution in [2.75, 3.05) is 0 Å². The Bertz CT molecular complexity index is 1050. The lowest BCUT2D eigenvalue weighted by Gasteiger charge is -2.12. The maximum atomic E-state index is 12.7. The summed E-state index contributed by atoms with van der Waals surface area (Å²) in [7, 11) is 0. The molecule has 2 heterocycles. The van der Waals surface area contributed by atoms with Gasteiger partial charge in [-0.15, -0.1) is 11.3 Å². The fraction of sp³-hybridized carbons (Fsp3) is 0.150. The van der Waals surface area contributed by atoms with Crippen molar-refractivity contribution in [2.24, 2.45) is 0 Å². The van der Waals surface area contributed by atoms with Crippen LogP contribution in [-0.4, -0.2) is 21.7 Å². The summed E-state index contributed by atoms with van der Waals surface area (Å²) in [6.07, 6.45) is -4.39. The van der Waals surface area contributed by atoms with Crippen LogP contribution in [0.3, 0.4) is 0 Å². The number of carbonyl (C=O) groups is 2. The average molecular weight is 402 g/mol. The molecule has 0 spiro atoms. The summed E-state index contributed by atoms with van der Waals surface area (Å²) in [6, 6.07) is 11.4. The maximum Gasteiger partial charge on any atom is 0.416 e.